The van der Waals surface area contributed by atoms with Crippen LogP contribution in [0, 0.1) is 6.92 Å². The van der Waals surface area contributed by atoms with Gasteiger partial charge in [-0.2, -0.15) is 0 Å². The van der Waals surface area contributed by atoms with E-state index in [2.05, 4.69) is 40.1 Å². The summed E-state index contributed by atoms with van der Waals surface area (Å²) in [7, 11) is 4.03. The predicted octanol–water partition coefficient (Wildman–Crippen LogP) is 2.88. The molecule has 0 bridgehead atoms. The van der Waals surface area contributed by atoms with E-state index in [9.17, 15) is 4.79 Å². The van der Waals surface area contributed by atoms with Crippen molar-refractivity contribution in [3.63, 3.8) is 0 Å². The molecule has 28 heavy (non-hydrogen) atoms. The molecule has 0 atom stereocenters. The molecule has 1 fully saturated rings. The van der Waals surface area contributed by atoms with Gasteiger partial charge in [0.05, 0.1) is 11.9 Å². The minimum Gasteiger partial charge on any atom is -0.350 e. The van der Waals surface area contributed by atoms with Crippen LogP contribution in [0.1, 0.15) is 5.82 Å². The average Bonchev–Trinajstić information content (AvgIpc) is 3.12. The molecule has 0 saturated carbocycles. The molecule has 0 N–H and O–H groups in total. The Balaban J connectivity index is 1.60. The molecule has 1 aromatic carbocycles. The lowest BCUT2D eigenvalue weighted by molar-refractivity contribution is -0.131. The normalized spacial score (nSPS) is 15.2. The second-order valence-electron chi connectivity index (χ2n) is 7.33. The van der Waals surface area contributed by atoms with E-state index in [1.54, 1.807) is 11.3 Å². The first kappa shape index (κ1) is 18.8. The van der Waals surface area contributed by atoms with Crippen molar-refractivity contribution in [1.29, 1.82) is 0 Å². The van der Waals surface area contributed by atoms with Crippen LogP contribution < -0.4 is 4.90 Å². The van der Waals surface area contributed by atoms with Crippen LogP contribution in [0.5, 0.6) is 0 Å². The molecule has 3 heterocycles. The minimum atomic E-state index is 0.151. The molecule has 0 radical (unpaired) electrons. The van der Waals surface area contributed by atoms with Crippen molar-refractivity contribution < 1.29 is 4.79 Å². The maximum atomic E-state index is 12.8. The molecule has 2 aromatic heterocycles. The van der Waals surface area contributed by atoms with Gasteiger partial charge in [-0.1, -0.05) is 30.3 Å². The molecule has 3 aromatic rings. The monoisotopic (exact) mass is 395 g/mol. The highest BCUT2D eigenvalue weighted by Crippen LogP contribution is 2.36. The van der Waals surface area contributed by atoms with E-state index in [-0.39, 0.29) is 5.91 Å². The minimum absolute atomic E-state index is 0.151. The first-order valence-electron chi connectivity index (χ1n) is 9.52. The van der Waals surface area contributed by atoms with Crippen molar-refractivity contribution in [2.75, 3.05) is 51.7 Å². The zero-order valence-corrected chi connectivity index (χ0v) is 17.4. The highest BCUT2D eigenvalue weighted by Gasteiger charge is 2.22. The summed E-state index contributed by atoms with van der Waals surface area (Å²) in [6, 6.07) is 12.4. The van der Waals surface area contributed by atoms with Gasteiger partial charge in [-0.15, -0.1) is 11.3 Å². The summed E-state index contributed by atoms with van der Waals surface area (Å²) in [4.78, 5) is 30.3. The molecule has 1 aliphatic rings. The van der Waals surface area contributed by atoms with Crippen molar-refractivity contribution in [3.8, 4) is 10.4 Å². The number of anilines is 1. The quantitative estimate of drug-likeness (QED) is 0.680. The topological polar surface area (TPSA) is 52.6 Å². The summed E-state index contributed by atoms with van der Waals surface area (Å²) in [5.74, 6) is 1.70. The van der Waals surface area contributed by atoms with Gasteiger partial charge < -0.3 is 14.7 Å². The number of aromatic nitrogens is 2. The number of fused-ring (bicyclic) bond motifs is 1. The Morgan fingerprint density at radius 1 is 1.14 bits per heavy atom. The Morgan fingerprint density at radius 2 is 1.86 bits per heavy atom. The Kier molecular flexibility index (Phi) is 5.28. The van der Waals surface area contributed by atoms with Gasteiger partial charge in [-0.05, 0) is 25.6 Å². The number of nitrogens with zero attached hydrogens (tertiary/aromatic N) is 5. The molecule has 146 valence electrons. The molecule has 4 rings (SSSR count). The second-order valence-corrected chi connectivity index (χ2v) is 8.36. The van der Waals surface area contributed by atoms with Gasteiger partial charge in [-0.3, -0.25) is 4.79 Å². The number of carbonyl (C=O) groups excluding carboxylic acids is 1. The van der Waals surface area contributed by atoms with Gasteiger partial charge in [0, 0.05) is 38.1 Å². The van der Waals surface area contributed by atoms with Crippen molar-refractivity contribution in [2.24, 2.45) is 0 Å². The van der Waals surface area contributed by atoms with Gasteiger partial charge in [-0.25, -0.2) is 9.97 Å². The number of carbonyl (C=O) groups is 1. The lowest BCUT2D eigenvalue weighted by atomic mass is 10.2. The predicted molar refractivity (Wildman–Crippen MR) is 115 cm³/mol. The van der Waals surface area contributed by atoms with Crippen LogP contribution >= 0.6 is 11.3 Å². The van der Waals surface area contributed by atoms with E-state index < -0.39 is 0 Å². The zero-order valence-electron chi connectivity index (χ0n) is 16.6. The van der Waals surface area contributed by atoms with Gasteiger partial charge in [0.15, 0.2) is 0 Å². The highest BCUT2D eigenvalue weighted by molar-refractivity contribution is 7.21. The Morgan fingerprint density at radius 3 is 2.57 bits per heavy atom. The van der Waals surface area contributed by atoms with Crippen LogP contribution in [0.25, 0.3) is 20.7 Å². The van der Waals surface area contributed by atoms with E-state index in [4.69, 9.17) is 0 Å². The van der Waals surface area contributed by atoms with E-state index >= 15 is 0 Å². The van der Waals surface area contributed by atoms with Crippen LogP contribution in [0.4, 0.5) is 5.82 Å². The van der Waals surface area contributed by atoms with Crippen LogP contribution in [0.15, 0.2) is 36.4 Å². The standard InChI is InChI=1S/C21H25N5OS/c1-15-22-20(25(3)14-19(27)26-11-9-24(2)10-12-26)17-13-18(28-21(17)23-15)16-7-5-4-6-8-16/h4-8,13H,9-12,14H2,1-3H3. The molecule has 1 amide bonds. The van der Waals surface area contributed by atoms with Crippen molar-refractivity contribution in [1.82, 2.24) is 19.8 Å². The lowest BCUT2D eigenvalue weighted by Crippen LogP contribution is -2.49. The molecule has 0 unspecified atom stereocenters. The van der Waals surface area contributed by atoms with Gasteiger partial charge in [0.2, 0.25) is 5.91 Å². The van der Waals surface area contributed by atoms with Crippen LogP contribution in [-0.4, -0.2) is 72.5 Å². The van der Waals surface area contributed by atoms with E-state index in [0.717, 1.165) is 52.9 Å². The van der Waals surface area contributed by atoms with Crippen molar-refractivity contribution in [2.45, 2.75) is 6.92 Å². The summed E-state index contributed by atoms with van der Waals surface area (Å²) in [5.41, 5.74) is 1.17. The molecule has 0 aliphatic carbocycles. The lowest BCUT2D eigenvalue weighted by Gasteiger charge is -2.33. The highest BCUT2D eigenvalue weighted by atomic mass is 32.1. The summed E-state index contributed by atoms with van der Waals surface area (Å²) in [5, 5.41) is 1.00. The number of aryl methyl sites for hydroxylation is 1. The molecular formula is C21H25N5OS. The van der Waals surface area contributed by atoms with Gasteiger partial charge in [0.1, 0.15) is 16.5 Å². The van der Waals surface area contributed by atoms with Gasteiger partial charge in [0.25, 0.3) is 0 Å². The fourth-order valence-corrected chi connectivity index (χ4v) is 4.56. The third-order valence-electron chi connectivity index (χ3n) is 5.13. The molecular weight excluding hydrogens is 370 g/mol. The largest absolute Gasteiger partial charge is 0.350 e. The molecule has 7 heteroatoms. The van der Waals surface area contributed by atoms with Gasteiger partial charge >= 0.3 is 0 Å². The second kappa shape index (κ2) is 7.85. The third-order valence-corrected chi connectivity index (χ3v) is 6.21. The summed E-state index contributed by atoms with van der Waals surface area (Å²) < 4.78 is 0. The molecule has 1 saturated heterocycles. The van der Waals surface area contributed by atoms with Crippen LogP contribution in [0.2, 0.25) is 0 Å². The van der Waals surface area contributed by atoms with E-state index in [1.807, 2.05) is 42.0 Å². The smallest absolute Gasteiger partial charge is 0.242 e. The van der Waals surface area contributed by atoms with E-state index in [0.29, 0.717) is 6.54 Å². The number of amides is 1. The Bertz CT molecular complexity index is 979. The number of thiophene rings is 1. The SMILES string of the molecule is Cc1nc(N(C)CC(=O)N2CCN(C)CC2)c2cc(-c3ccccc3)sc2n1. The Hall–Kier alpha value is -2.51. The number of likely N-dealkylation sites (N-methyl/N-ethyl adjacent to an activating group) is 2. The van der Waals surface area contributed by atoms with Crippen LogP contribution in [-0.2, 0) is 4.79 Å². The van der Waals surface area contributed by atoms with Crippen LogP contribution in [0.3, 0.4) is 0 Å². The van der Waals surface area contributed by atoms with E-state index in [1.165, 1.54) is 5.56 Å². The fraction of sp³-hybridized carbons (Fsp3) is 0.381. The average molecular weight is 396 g/mol. The molecule has 6 nitrogen and oxygen atoms in total. The number of hydrogen-bond donors (Lipinski definition) is 0. The summed E-state index contributed by atoms with van der Waals surface area (Å²) in [6.07, 6.45) is 0. The fourth-order valence-electron chi connectivity index (χ4n) is 3.48. The first-order valence-corrected chi connectivity index (χ1v) is 10.3. The molecule has 1 aliphatic heterocycles. The summed E-state index contributed by atoms with van der Waals surface area (Å²) >= 11 is 1.66. The zero-order chi connectivity index (χ0) is 19.7. The number of rotatable bonds is 4. The number of hydrogen-bond acceptors (Lipinski definition) is 6. The maximum absolute atomic E-state index is 12.8. The number of benzene rings is 1. The molecule has 0 spiro atoms. The number of piperazine rings is 1. The Labute approximate surface area is 169 Å². The first-order chi connectivity index (χ1) is 13.5. The maximum Gasteiger partial charge on any atom is 0.242 e. The van der Waals surface area contributed by atoms with Crippen molar-refractivity contribution in [3.05, 3.63) is 42.2 Å². The third kappa shape index (κ3) is 3.86. The summed E-state index contributed by atoms with van der Waals surface area (Å²) in [6.45, 7) is 5.66. The van der Waals surface area contributed by atoms with Crippen molar-refractivity contribution >= 4 is 33.3 Å².